The van der Waals surface area contributed by atoms with E-state index in [1.807, 2.05) is 36.4 Å². The predicted octanol–water partition coefficient (Wildman–Crippen LogP) is 5.50. The zero-order valence-corrected chi connectivity index (χ0v) is 62.5. The number of aldehydes is 1. The monoisotopic (exact) mass is 1400 g/mol. The number of rotatable bonds is 19. The van der Waals surface area contributed by atoms with Crippen LogP contribution in [0.3, 0.4) is 0 Å². The van der Waals surface area contributed by atoms with Gasteiger partial charge in [0.05, 0.1) is 0 Å². The molecule has 4 aromatic carbocycles. The summed E-state index contributed by atoms with van der Waals surface area (Å²) in [6, 6.07) is 25.1. The molecule has 0 spiro atoms. The number of hydrogen-bond donors (Lipinski definition) is 4. The Labute approximate surface area is 617 Å². The largest absolute Gasteiger partial charge is 1.00 e. The van der Waals surface area contributed by atoms with Crippen molar-refractivity contribution in [2.45, 2.75) is 213 Å². The van der Waals surface area contributed by atoms with Crippen LogP contribution in [0.2, 0.25) is 0 Å². The van der Waals surface area contributed by atoms with Crippen molar-refractivity contribution < 1.29 is 101 Å². The van der Waals surface area contributed by atoms with Crippen molar-refractivity contribution in [1.82, 2.24) is 40.4 Å². The first kappa shape index (κ1) is 81.0. The van der Waals surface area contributed by atoms with Crippen LogP contribution in [-0.4, -0.2) is 180 Å². The molecule has 23 nitrogen and oxygen atoms in total. The van der Waals surface area contributed by atoms with Crippen LogP contribution in [-0.2, 0) is 86.7 Å². The number of carboxylic acids is 1. The number of carbonyl (C=O) groups excluding carboxylic acids is 9. The summed E-state index contributed by atoms with van der Waals surface area (Å²) in [4.78, 5) is 123. The van der Waals surface area contributed by atoms with Crippen LogP contribution >= 0.6 is 0 Å². The number of ether oxygens (including phenoxy) is 2. The molecular weight excluding hydrogens is 1300 g/mol. The SMILES string of the molecule is CC(=O)O.CC(=O)O[B-]OC(C)=O.CC=O.CCc1cc(CN2CCCC[C@@H]2COc2ccc3c(c2)CN(C2CCC(=O)NC2=O)C3=O)ccc1C1CCN(CC)CC1.CCc1cc(CN2CCCC[C@@H]2COc2ccc3c(c2)CN(C2CCC(=O)NC2=O)C3=O)ccc1C1CCNCC1.[Na+]. The van der Waals surface area contributed by atoms with Crippen molar-refractivity contribution in [3.63, 3.8) is 0 Å². The van der Waals surface area contributed by atoms with Gasteiger partial charge in [0.1, 0.15) is 50.8 Å². The topological polar surface area (TPSA) is 280 Å². The molecule has 0 saturated carbocycles. The van der Waals surface area contributed by atoms with Crippen molar-refractivity contribution in [2.24, 2.45) is 0 Å². The van der Waals surface area contributed by atoms with Gasteiger partial charge < -0.3 is 48.7 Å². The van der Waals surface area contributed by atoms with Crippen molar-refractivity contribution in [1.29, 1.82) is 0 Å². The van der Waals surface area contributed by atoms with Crippen LogP contribution in [0.15, 0.2) is 72.8 Å². The molecule has 6 saturated heterocycles. The number of piperidine rings is 6. The Morgan fingerprint density at radius 1 is 0.564 bits per heavy atom. The Balaban J connectivity index is 0.000000232. The van der Waals surface area contributed by atoms with E-state index < -0.39 is 30.0 Å². The number of aliphatic carboxylic acids is 1. The van der Waals surface area contributed by atoms with Gasteiger partial charge in [-0.15, -0.1) is 0 Å². The van der Waals surface area contributed by atoms with Gasteiger partial charge in [0.15, 0.2) is 0 Å². The normalized spacial score (nSPS) is 21.0. The minimum absolute atomic E-state index is 0. The zero-order valence-electron chi connectivity index (χ0n) is 60.5. The Morgan fingerprint density at radius 2 is 0.980 bits per heavy atom. The number of carboxylic acid groups (broad SMARTS) is 1. The third kappa shape index (κ3) is 23.3. The molecule has 8 aliphatic heterocycles. The minimum atomic E-state index is -0.833. The molecule has 12 rings (SSSR count). The Hall–Kier alpha value is -7.32. The van der Waals surface area contributed by atoms with Crippen LogP contribution in [0.5, 0.6) is 11.5 Å². The molecule has 4 aromatic rings. The summed E-state index contributed by atoms with van der Waals surface area (Å²) in [7, 11) is 0.699. The van der Waals surface area contributed by atoms with Gasteiger partial charge in [0.2, 0.25) is 23.6 Å². The first-order valence-corrected chi connectivity index (χ1v) is 35.9. The molecule has 6 amide bonds. The summed E-state index contributed by atoms with van der Waals surface area (Å²) in [6.45, 7) is 23.5. The summed E-state index contributed by atoms with van der Waals surface area (Å²) < 4.78 is 21.0. The standard InChI is InChI=1S/C35H46N4O4.C33H42N4O4.C4H6BO4.C2H4O2.C2H4O.Na/c1-3-25-19-24(8-10-30(25)26-14-17-37(4-2)18-15-26)21-38-16-6-5-7-28(38)23-43-29-9-11-31-27(20-29)22-39(35(31)42)32-12-13-33(40)36-34(32)41;1-2-23-17-22(6-8-28(23)24-12-14-34-15-13-24)19-36-16-4-3-5-26(36)21-41-27-7-9-29-25(18-27)20-37(33(29)40)30-10-11-31(38)35-32(30)39;1-3(6)8-5-9-4(2)7;1-2(3)4;1-2-3;/h8-11,19-20,26,28,32H,3-7,12-18,21-23H2,1-2H3,(H,36,40,41);6-9,17-18,24,26,30,34H,2-5,10-16,19-21H2,1H3,(H,35,38,39);1-2H3;1H3,(H,3,4);2H,1H3;/q;;-1;;;+1/t28-,32?;26-,30?;;;;/m11..../s1. The molecule has 0 aliphatic carbocycles. The molecule has 6 fully saturated rings. The van der Waals surface area contributed by atoms with Crippen LogP contribution in [0.1, 0.15) is 215 Å². The molecule has 540 valence electrons. The summed E-state index contributed by atoms with van der Waals surface area (Å²) >= 11 is 0. The molecule has 25 heteroatoms. The molecule has 2 unspecified atom stereocenters. The number of nitrogens with one attached hydrogen (secondary N) is 3. The molecule has 8 aliphatic rings. The van der Waals surface area contributed by atoms with Crippen LogP contribution in [0.4, 0.5) is 0 Å². The average Bonchev–Trinajstić information content (AvgIpc) is 1.65. The molecular formula is C76H102BN8NaO15. The second-order valence-corrected chi connectivity index (χ2v) is 26.9. The Morgan fingerprint density at radius 3 is 1.37 bits per heavy atom. The second-order valence-electron chi connectivity index (χ2n) is 26.9. The van der Waals surface area contributed by atoms with Gasteiger partial charge in [-0.05, 0) is 223 Å². The fourth-order valence-electron chi connectivity index (χ4n) is 14.8. The molecule has 101 heavy (non-hydrogen) atoms. The maximum Gasteiger partial charge on any atom is 1.00 e. The van der Waals surface area contributed by atoms with E-state index in [1.165, 1.54) is 107 Å². The Bertz CT molecular complexity index is 3510. The average molecular weight is 1400 g/mol. The van der Waals surface area contributed by atoms with Gasteiger partial charge in [0.25, 0.3) is 29.7 Å². The molecule has 8 heterocycles. The summed E-state index contributed by atoms with van der Waals surface area (Å²) in [5.74, 6) is -0.625. The number of aryl methyl sites for hydroxylation is 2. The number of fused-ring (bicyclic) bond motifs is 2. The smallest absolute Gasteiger partial charge is 0.702 e. The first-order valence-electron chi connectivity index (χ1n) is 35.9. The zero-order chi connectivity index (χ0) is 71.8. The van der Waals surface area contributed by atoms with E-state index in [-0.39, 0.29) is 77.8 Å². The number of carbonyl (C=O) groups is 10. The van der Waals surface area contributed by atoms with E-state index in [0.29, 0.717) is 81.9 Å². The van der Waals surface area contributed by atoms with Gasteiger partial charge in [-0.2, -0.15) is 0 Å². The van der Waals surface area contributed by atoms with Crippen molar-refractivity contribution in [3.05, 3.63) is 128 Å². The van der Waals surface area contributed by atoms with E-state index in [9.17, 15) is 38.4 Å². The Kier molecular flexibility index (Phi) is 32.5. The molecule has 0 aromatic heterocycles. The predicted molar refractivity (Wildman–Crippen MR) is 377 cm³/mol. The fraction of sp³-hybridized carbons (Fsp3) is 0.553. The van der Waals surface area contributed by atoms with E-state index in [1.54, 1.807) is 20.9 Å². The third-order valence-corrected chi connectivity index (χ3v) is 20.0. The van der Waals surface area contributed by atoms with Crippen LogP contribution in [0, 0.1) is 0 Å². The maximum atomic E-state index is 13.0. The van der Waals surface area contributed by atoms with Crippen molar-refractivity contribution in [3.8, 4) is 11.5 Å². The first-order chi connectivity index (χ1) is 48.2. The van der Waals surface area contributed by atoms with Crippen molar-refractivity contribution >= 4 is 67.3 Å². The van der Waals surface area contributed by atoms with E-state index in [0.717, 1.165) is 107 Å². The number of hydrogen-bond acceptors (Lipinski definition) is 18. The third-order valence-electron chi connectivity index (χ3n) is 20.0. The number of benzene rings is 4. The second kappa shape index (κ2) is 40.5. The van der Waals surface area contributed by atoms with Gasteiger partial charge in [-0.25, -0.2) is 0 Å². The van der Waals surface area contributed by atoms with Crippen molar-refractivity contribution in [2.75, 3.05) is 59.0 Å². The van der Waals surface area contributed by atoms with Gasteiger partial charge >= 0.3 is 29.6 Å². The maximum absolute atomic E-state index is 13.0. The fourth-order valence-corrected chi connectivity index (χ4v) is 14.8. The summed E-state index contributed by atoms with van der Waals surface area (Å²) in [5, 5.41) is 15.6. The van der Waals surface area contributed by atoms with E-state index in [4.69, 9.17) is 24.2 Å². The molecule has 2 radical (unpaired) electrons. The minimum Gasteiger partial charge on any atom is -0.702 e. The summed E-state index contributed by atoms with van der Waals surface area (Å²) in [6.07, 6.45) is 16.2. The number of likely N-dealkylation sites (tertiary alicyclic amines) is 3. The number of amides is 6. The molecule has 0 bridgehead atoms. The number of imide groups is 2. The quantitative estimate of drug-likeness (QED) is 0.0512. The molecule has 4 atom stereocenters. The van der Waals surface area contributed by atoms with Crippen LogP contribution < -0.4 is 55.0 Å². The summed E-state index contributed by atoms with van der Waals surface area (Å²) in [5.41, 5.74) is 11.9. The van der Waals surface area contributed by atoms with E-state index in [2.05, 4.69) is 97.1 Å². The van der Waals surface area contributed by atoms with E-state index >= 15 is 0 Å². The molecule has 4 N–H and O–H groups in total. The van der Waals surface area contributed by atoms with Crippen LogP contribution in [0.25, 0.3) is 0 Å². The van der Waals surface area contributed by atoms with Gasteiger partial charge in [0, 0.05) is 83.0 Å². The number of nitrogens with zero attached hydrogens (tertiary/aromatic N) is 5. The van der Waals surface area contributed by atoms with Gasteiger partial charge in [-0.3, -0.25) is 63.6 Å². The van der Waals surface area contributed by atoms with Gasteiger partial charge in [-0.1, -0.05) is 70.0 Å².